The Labute approximate surface area is 133 Å². The van der Waals surface area contributed by atoms with Crippen LogP contribution in [0.3, 0.4) is 0 Å². The van der Waals surface area contributed by atoms with Crippen molar-refractivity contribution in [3.63, 3.8) is 0 Å². The minimum atomic E-state index is -0.0473. The van der Waals surface area contributed by atoms with Gasteiger partial charge in [0.05, 0.1) is 12.2 Å². The van der Waals surface area contributed by atoms with Crippen molar-refractivity contribution in [3.05, 3.63) is 64.5 Å². The Bertz CT molecular complexity index is 762. The number of carbonyl (C=O) groups is 1. The molecular weight excluding hydrogens is 294 g/mol. The molecule has 1 amide bonds. The first kappa shape index (κ1) is 14.5. The van der Waals surface area contributed by atoms with Crippen LogP contribution in [0.5, 0.6) is 0 Å². The lowest BCUT2D eigenvalue weighted by atomic mass is 10.1. The fourth-order valence-electron chi connectivity index (χ4n) is 2.22. The van der Waals surface area contributed by atoms with Gasteiger partial charge in [0.15, 0.2) is 0 Å². The van der Waals surface area contributed by atoms with Crippen molar-refractivity contribution in [1.29, 1.82) is 0 Å². The first-order chi connectivity index (χ1) is 10.7. The van der Waals surface area contributed by atoms with E-state index in [4.69, 9.17) is 0 Å². The number of rotatable bonds is 5. The number of aromatic nitrogens is 2. The lowest BCUT2D eigenvalue weighted by Crippen LogP contribution is -2.27. The van der Waals surface area contributed by atoms with Crippen LogP contribution in [0.2, 0.25) is 0 Å². The van der Waals surface area contributed by atoms with E-state index < -0.39 is 0 Å². The van der Waals surface area contributed by atoms with Gasteiger partial charge in [-0.05, 0) is 36.6 Å². The molecule has 0 spiro atoms. The fraction of sp³-hybridized carbons (Fsp3) is 0.176. The van der Waals surface area contributed by atoms with Crippen LogP contribution in [0.4, 0.5) is 0 Å². The average molecular weight is 311 g/mol. The molecule has 0 saturated carbocycles. The molecular formula is C17H17N3OS. The maximum Gasteiger partial charge on any atom is 0.251 e. The third-order valence-electron chi connectivity index (χ3n) is 3.36. The lowest BCUT2D eigenvalue weighted by Gasteiger charge is -2.06. The second kappa shape index (κ2) is 6.58. The summed E-state index contributed by atoms with van der Waals surface area (Å²) in [6, 6.07) is 11.6. The molecule has 0 radical (unpaired) electrons. The summed E-state index contributed by atoms with van der Waals surface area (Å²) in [6.45, 7) is 3.19. The van der Waals surface area contributed by atoms with Crippen LogP contribution in [0, 0.1) is 6.92 Å². The molecule has 4 nitrogen and oxygen atoms in total. The largest absolute Gasteiger partial charge is 0.350 e. The summed E-state index contributed by atoms with van der Waals surface area (Å²) in [5, 5.41) is 11.5. The van der Waals surface area contributed by atoms with Crippen LogP contribution >= 0.6 is 11.3 Å². The maximum atomic E-state index is 12.0. The van der Waals surface area contributed by atoms with Crippen LogP contribution in [-0.2, 0) is 6.54 Å². The van der Waals surface area contributed by atoms with E-state index in [0.29, 0.717) is 18.7 Å². The summed E-state index contributed by atoms with van der Waals surface area (Å²) in [4.78, 5) is 12.0. The smallest absolute Gasteiger partial charge is 0.251 e. The van der Waals surface area contributed by atoms with Crippen molar-refractivity contribution in [2.75, 3.05) is 6.54 Å². The quantitative estimate of drug-likeness (QED) is 0.785. The summed E-state index contributed by atoms with van der Waals surface area (Å²) in [5.41, 5.74) is 3.87. The molecule has 2 aromatic heterocycles. The molecule has 0 aliphatic heterocycles. The van der Waals surface area contributed by atoms with Gasteiger partial charge in [0.1, 0.15) is 0 Å². The van der Waals surface area contributed by atoms with Crippen LogP contribution < -0.4 is 5.32 Å². The van der Waals surface area contributed by atoms with Crippen molar-refractivity contribution in [2.24, 2.45) is 0 Å². The number of benzene rings is 1. The van der Waals surface area contributed by atoms with Gasteiger partial charge in [-0.15, -0.1) is 0 Å². The van der Waals surface area contributed by atoms with Gasteiger partial charge in [-0.25, -0.2) is 0 Å². The monoisotopic (exact) mass is 311 g/mol. The molecule has 1 N–H and O–H groups in total. The third-order valence-corrected chi connectivity index (χ3v) is 4.05. The number of nitrogens with zero attached hydrogens (tertiary/aromatic N) is 2. The van der Waals surface area contributed by atoms with Crippen LogP contribution in [0.15, 0.2) is 53.4 Å². The molecule has 5 heteroatoms. The fourth-order valence-corrected chi connectivity index (χ4v) is 2.87. The molecule has 0 aliphatic rings. The van der Waals surface area contributed by atoms with E-state index in [0.717, 1.165) is 16.8 Å². The standard InChI is InChI=1S/C17H17N3OS/c1-13-3-2-4-14(11-13)17(21)18-7-9-20-8-5-16(19-20)15-6-10-22-12-15/h2-6,8,10-12H,7,9H2,1H3,(H,18,21). The average Bonchev–Trinajstić information content (AvgIpc) is 3.18. The number of carbonyl (C=O) groups excluding carboxylic acids is 1. The summed E-state index contributed by atoms with van der Waals surface area (Å²) in [7, 11) is 0. The van der Waals surface area contributed by atoms with Gasteiger partial charge in [-0.2, -0.15) is 16.4 Å². The Morgan fingerprint density at radius 1 is 1.32 bits per heavy atom. The highest BCUT2D eigenvalue weighted by molar-refractivity contribution is 7.08. The van der Waals surface area contributed by atoms with Crippen molar-refractivity contribution < 1.29 is 4.79 Å². The van der Waals surface area contributed by atoms with Crippen molar-refractivity contribution in [3.8, 4) is 11.3 Å². The highest BCUT2D eigenvalue weighted by atomic mass is 32.1. The number of hydrogen-bond acceptors (Lipinski definition) is 3. The zero-order chi connectivity index (χ0) is 15.4. The van der Waals surface area contributed by atoms with Crippen LogP contribution in [0.25, 0.3) is 11.3 Å². The van der Waals surface area contributed by atoms with Gasteiger partial charge >= 0.3 is 0 Å². The van der Waals surface area contributed by atoms with E-state index in [1.807, 2.05) is 53.5 Å². The molecule has 0 aliphatic carbocycles. The highest BCUT2D eigenvalue weighted by Crippen LogP contribution is 2.19. The van der Waals surface area contributed by atoms with Gasteiger partial charge in [-0.3, -0.25) is 9.48 Å². The van der Waals surface area contributed by atoms with Gasteiger partial charge in [0.25, 0.3) is 5.91 Å². The Morgan fingerprint density at radius 2 is 2.23 bits per heavy atom. The Balaban J connectivity index is 1.54. The number of hydrogen-bond donors (Lipinski definition) is 1. The van der Waals surface area contributed by atoms with Gasteiger partial charge in [-0.1, -0.05) is 17.7 Å². The van der Waals surface area contributed by atoms with Crippen LogP contribution in [0.1, 0.15) is 15.9 Å². The normalized spacial score (nSPS) is 10.6. The minimum Gasteiger partial charge on any atom is -0.350 e. The second-order valence-electron chi connectivity index (χ2n) is 5.10. The molecule has 0 saturated heterocycles. The molecule has 112 valence electrons. The molecule has 3 aromatic rings. The van der Waals surface area contributed by atoms with E-state index >= 15 is 0 Å². The minimum absolute atomic E-state index is 0.0473. The van der Waals surface area contributed by atoms with Gasteiger partial charge < -0.3 is 5.32 Å². The highest BCUT2D eigenvalue weighted by Gasteiger charge is 2.06. The summed E-state index contributed by atoms with van der Waals surface area (Å²) < 4.78 is 1.85. The van der Waals surface area contributed by atoms with Gasteiger partial charge in [0.2, 0.25) is 0 Å². The maximum absolute atomic E-state index is 12.0. The number of nitrogens with one attached hydrogen (secondary N) is 1. The predicted molar refractivity (Wildman–Crippen MR) is 89.1 cm³/mol. The molecule has 2 heterocycles. The SMILES string of the molecule is Cc1cccc(C(=O)NCCn2ccc(-c3ccsc3)n2)c1. The molecule has 22 heavy (non-hydrogen) atoms. The number of thiophene rings is 1. The lowest BCUT2D eigenvalue weighted by molar-refractivity contribution is 0.0952. The van der Waals surface area contributed by atoms with E-state index in [9.17, 15) is 4.79 Å². The number of amides is 1. The van der Waals surface area contributed by atoms with E-state index in [-0.39, 0.29) is 5.91 Å². The Kier molecular flexibility index (Phi) is 4.34. The van der Waals surface area contributed by atoms with E-state index in [1.54, 1.807) is 11.3 Å². The summed E-state index contributed by atoms with van der Waals surface area (Å²) in [5.74, 6) is -0.0473. The molecule has 3 rings (SSSR count). The molecule has 0 atom stereocenters. The summed E-state index contributed by atoms with van der Waals surface area (Å²) in [6.07, 6.45) is 1.94. The molecule has 1 aromatic carbocycles. The van der Waals surface area contributed by atoms with Crippen molar-refractivity contribution >= 4 is 17.2 Å². The van der Waals surface area contributed by atoms with E-state index in [2.05, 4.69) is 21.9 Å². The zero-order valence-electron chi connectivity index (χ0n) is 12.3. The number of aryl methyl sites for hydroxylation is 1. The molecule has 0 unspecified atom stereocenters. The molecule has 0 bridgehead atoms. The molecule has 0 fully saturated rings. The predicted octanol–water partition coefficient (Wildman–Crippen LogP) is 3.35. The van der Waals surface area contributed by atoms with Crippen molar-refractivity contribution in [1.82, 2.24) is 15.1 Å². The van der Waals surface area contributed by atoms with Crippen LogP contribution in [-0.4, -0.2) is 22.2 Å². The van der Waals surface area contributed by atoms with E-state index in [1.165, 1.54) is 0 Å². The first-order valence-corrected chi connectivity index (χ1v) is 8.07. The topological polar surface area (TPSA) is 46.9 Å². The first-order valence-electron chi connectivity index (χ1n) is 7.13. The second-order valence-corrected chi connectivity index (χ2v) is 5.88. The van der Waals surface area contributed by atoms with Gasteiger partial charge in [0, 0.05) is 29.2 Å². The Hall–Kier alpha value is -2.40. The zero-order valence-corrected chi connectivity index (χ0v) is 13.1. The summed E-state index contributed by atoms with van der Waals surface area (Å²) >= 11 is 1.66. The Morgan fingerprint density at radius 3 is 3.00 bits per heavy atom. The third kappa shape index (κ3) is 3.43. The van der Waals surface area contributed by atoms with Crippen molar-refractivity contribution in [2.45, 2.75) is 13.5 Å².